The van der Waals surface area contributed by atoms with Crippen LogP contribution in [0.4, 0.5) is 23.2 Å². The van der Waals surface area contributed by atoms with E-state index in [-0.39, 0.29) is 0 Å². The molecule has 0 fully saturated rings. The van der Waals surface area contributed by atoms with Crippen LogP contribution in [0.1, 0.15) is 5.56 Å². The predicted octanol–water partition coefficient (Wildman–Crippen LogP) is 2.30. The van der Waals surface area contributed by atoms with Gasteiger partial charge in [-0.3, -0.25) is 10.1 Å². The number of nitrogens with one attached hydrogen (secondary N) is 1. The highest BCUT2D eigenvalue weighted by molar-refractivity contribution is 7.89. The standard InChI is InChI=1S/C15H12F4N2O5S/c16-10-5-3-4-9(13(10)17)15(22,14(18)19)8-20-27(25,26)12-7-2-1-6-11(12)21(23)24/h1-7,14,20,22H,8H2/t15-/m1/s1. The monoisotopic (exact) mass is 408 g/mol. The molecule has 1 atom stereocenters. The number of para-hydroxylation sites is 1. The summed E-state index contributed by atoms with van der Waals surface area (Å²) in [6.07, 6.45) is -3.71. The Hall–Kier alpha value is -2.57. The normalized spacial score (nSPS) is 14.1. The molecule has 2 aromatic rings. The Bertz CT molecular complexity index is 970. The molecule has 0 radical (unpaired) electrons. The van der Waals surface area contributed by atoms with E-state index in [0.717, 1.165) is 24.3 Å². The molecule has 0 saturated heterocycles. The Morgan fingerprint density at radius 1 is 1.15 bits per heavy atom. The van der Waals surface area contributed by atoms with E-state index in [1.807, 2.05) is 0 Å². The Balaban J connectivity index is 2.42. The lowest BCUT2D eigenvalue weighted by atomic mass is 9.94. The van der Waals surface area contributed by atoms with Gasteiger partial charge in [-0.15, -0.1) is 0 Å². The van der Waals surface area contributed by atoms with E-state index in [2.05, 4.69) is 0 Å². The number of nitrogens with zero attached hydrogens (tertiary/aromatic N) is 1. The second kappa shape index (κ2) is 7.58. The fraction of sp³-hybridized carbons (Fsp3) is 0.200. The van der Waals surface area contributed by atoms with E-state index in [4.69, 9.17) is 0 Å². The maximum Gasteiger partial charge on any atom is 0.289 e. The number of sulfonamides is 1. The molecule has 2 N–H and O–H groups in total. The summed E-state index contributed by atoms with van der Waals surface area (Å²) in [5.74, 6) is -3.29. The van der Waals surface area contributed by atoms with Crippen molar-refractivity contribution in [2.75, 3.05) is 6.54 Å². The van der Waals surface area contributed by atoms with E-state index >= 15 is 0 Å². The lowest BCUT2D eigenvalue weighted by molar-refractivity contribution is -0.387. The van der Waals surface area contributed by atoms with Crippen molar-refractivity contribution in [1.82, 2.24) is 4.72 Å². The highest BCUT2D eigenvalue weighted by Crippen LogP contribution is 2.32. The van der Waals surface area contributed by atoms with E-state index in [1.165, 1.54) is 6.07 Å². The molecule has 7 nitrogen and oxygen atoms in total. The Morgan fingerprint density at radius 3 is 2.37 bits per heavy atom. The second-order valence-corrected chi connectivity index (χ2v) is 7.11. The fourth-order valence-corrected chi connectivity index (χ4v) is 3.49. The van der Waals surface area contributed by atoms with Crippen LogP contribution in [0.5, 0.6) is 0 Å². The number of halogens is 4. The molecular weight excluding hydrogens is 396 g/mol. The molecule has 0 aliphatic heterocycles. The van der Waals surface area contributed by atoms with E-state index in [0.29, 0.717) is 12.1 Å². The average molecular weight is 408 g/mol. The molecule has 0 spiro atoms. The van der Waals surface area contributed by atoms with Crippen LogP contribution in [0.2, 0.25) is 0 Å². The van der Waals surface area contributed by atoms with Crippen LogP contribution in [-0.4, -0.2) is 31.4 Å². The topological polar surface area (TPSA) is 110 Å². The Kier molecular flexibility index (Phi) is 5.82. The van der Waals surface area contributed by atoms with Gasteiger partial charge in [0.25, 0.3) is 12.1 Å². The van der Waals surface area contributed by atoms with E-state index in [1.54, 1.807) is 4.72 Å². The summed E-state index contributed by atoms with van der Waals surface area (Å²) >= 11 is 0. The maximum absolute atomic E-state index is 13.8. The molecule has 0 saturated carbocycles. The SMILES string of the molecule is O=[N+]([O-])c1ccccc1S(=O)(=O)NC[C@@](O)(c1cccc(F)c1F)C(F)F. The van der Waals surface area contributed by atoms with Crippen LogP contribution in [0.25, 0.3) is 0 Å². The van der Waals surface area contributed by atoms with E-state index in [9.17, 15) is 41.2 Å². The Labute approximate surface area is 150 Å². The minimum Gasteiger partial charge on any atom is -0.378 e. The zero-order chi connectivity index (χ0) is 20.4. The highest BCUT2D eigenvalue weighted by Gasteiger charge is 2.43. The van der Waals surface area contributed by atoms with Crippen molar-refractivity contribution >= 4 is 15.7 Å². The largest absolute Gasteiger partial charge is 0.378 e. The van der Waals surface area contributed by atoms with Gasteiger partial charge in [0.1, 0.15) is 0 Å². The first-order chi connectivity index (χ1) is 12.5. The lowest BCUT2D eigenvalue weighted by Gasteiger charge is -2.28. The van der Waals surface area contributed by atoms with Gasteiger partial charge in [0.2, 0.25) is 10.0 Å². The maximum atomic E-state index is 13.8. The van der Waals surface area contributed by atoms with Crippen LogP contribution in [0.15, 0.2) is 47.4 Å². The molecule has 0 amide bonds. The lowest BCUT2D eigenvalue weighted by Crippen LogP contribution is -2.46. The quantitative estimate of drug-likeness (QED) is 0.415. The summed E-state index contributed by atoms with van der Waals surface area (Å²) in [6, 6.07) is 6.23. The molecule has 0 aliphatic carbocycles. The van der Waals surface area contributed by atoms with Crippen LogP contribution < -0.4 is 4.72 Å². The van der Waals surface area contributed by atoms with Gasteiger partial charge in [-0.1, -0.05) is 24.3 Å². The first-order valence-electron chi connectivity index (χ1n) is 7.19. The molecule has 2 aromatic carbocycles. The highest BCUT2D eigenvalue weighted by atomic mass is 32.2. The average Bonchev–Trinajstić information content (AvgIpc) is 2.62. The molecule has 27 heavy (non-hydrogen) atoms. The summed E-state index contributed by atoms with van der Waals surface area (Å²) < 4.78 is 80.0. The van der Waals surface area contributed by atoms with Crippen molar-refractivity contribution < 1.29 is 36.0 Å². The zero-order valence-corrected chi connectivity index (χ0v) is 14.1. The predicted molar refractivity (Wildman–Crippen MR) is 84.5 cm³/mol. The van der Waals surface area contributed by atoms with Gasteiger partial charge in [-0.2, -0.15) is 0 Å². The van der Waals surface area contributed by atoms with Gasteiger partial charge >= 0.3 is 0 Å². The molecule has 0 heterocycles. The van der Waals surface area contributed by atoms with Crippen LogP contribution in [0, 0.1) is 21.7 Å². The van der Waals surface area contributed by atoms with Gasteiger partial charge in [0.15, 0.2) is 22.1 Å². The van der Waals surface area contributed by atoms with Crippen molar-refractivity contribution in [2.24, 2.45) is 0 Å². The number of nitro benzene ring substituents is 1. The van der Waals surface area contributed by atoms with Crippen molar-refractivity contribution in [3.8, 4) is 0 Å². The third kappa shape index (κ3) is 4.07. The minimum atomic E-state index is -4.73. The fourth-order valence-electron chi connectivity index (χ4n) is 2.25. The van der Waals surface area contributed by atoms with Crippen molar-refractivity contribution in [1.29, 1.82) is 0 Å². The molecule has 146 valence electrons. The number of rotatable bonds is 7. The summed E-state index contributed by atoms with van der Waals surface area (Å²) in [6.45, 7) is -1.46. The molecule has 0 aliphatic rings. The number of hydrogen-bond donors (Lipinski definition) is 2. The molecule has 0 bridgehead atoms. The third-order valence-corrected chi connectivity index (χ3v) is 5.11. The van der Waals surface area contributed by atoms with E-state index < -0.39 is 61.3 Å². The van der Waals surface area contributed by atoms with Crippen molar-refractivity contribution in [3.05, 3.63) is 69.8 Å². The number of aliphatic hydroxyl groups is 1. The molecule has 0 unspecified atom stereocenters. The molecule has 2 rings (SSSR count). The number of hydrogen-bond acceptors (Lipinski definition) is 5. The molecular formula is C15H12F4N2O5S. The van der Waals surface area contributed by atoms with Crippen LogP contribution in [0.3, 0.4) is 0 Å². The first kappa shape index (κ1) is 20.7. The summed E-state index contributed by atoms with van der Waals surface area (Å²) in [7, 11) is -4.73. The van der Waals surface area contributed by atoms with Crippen molar-refractivity contribution in [3.63, 3.8) is 0 Å². The van der Waals surface area contributed by atoms with Gasteiger partial charge < -0.3 is 5.11 Å². The Morgan fingerprint density at radius 2 is 1.78 bits per heavy atom. The smallest absolute Gasteiger partial charge is 0.289 e. The second-order valence-electron chi connectivity index (χ2n) is 5.38. The summed E-state index contributed by atoms with van der Waals surface area (Å²) in [5.41, 5.74) is -5.41. The van der Waals surface area contributed by atoms with Crippen LogP contribution >= 0.6 is 0 Å². The number of nitro groups is 1. The van der Waals surface area contributed by atoms with Gasteiger partial charge in [0, 0.05) is 18.2 Å². The van der Waals surface area contributed by atoms with Gasteiger partial charge in [-0.25, -0.2) is 30.7 Å². The minimum absolute atomic E-state index is 0.627. The number of alkyl halides is 2. The first-order valence-corrected chi connectivity index (χ1v) is 8.67. The zero-order valence-electron chi connectivity index (χ0n) is 13.3. The van der Waals surface area contributed by atoms with Gasteiger partial charge in [0.05, 0.1) is 4.92 Å². The third-order valence-electron chi connectivity index (χ3n) is 3.66. The number of benzene rings is 2. The molecule has 0 aromatic heterocycles. The van der Waals surface area contributed by atoms with Crippen molar-refractivity contribution in [2.45, 2.75) is 16.9 Å². The molecule has 12 heteroatoms. The van der Waals surface area contributed by atoms with Crippen LogP contribution in [-0.2, 0) is 15.6 Å². The van der Waals surface area contributed by atoms with Gasteiger partial charge in [-0.05, 0) is 12.1 Å². The summed E-state index contributed by atoms with van der Waals surface area (Å²) in [4.78, 5) is 9.09. The summed E-state index contributed by atoms with van der Waals surface area (Å²) in [5, 5.41) is 21.1.